The zero-order valence-electron chi connectivity index (χ0n) is 11.1. The summed E-state index contributed by atoms with van der Waals surface area (Å²) in [5.74, 6) is 5.59. The van der Waals surface area contributed by atoms with E-state index in [-0.39, 0.29) is 6.61 Å². The van der Waals surface area contributed by atoms with E-state index in [9.17, 15) is 5.11 Å². The van der Waals surface area contributed by atoms with Gasteiger partial charge in [-0.25, -0.2) is 0 Å². The van der Waals surface area contributed by atoms with E-state index < -0.39 is 17.8 Å². The first-order valence-electron chi connectivity index (χ1n) is 6.27. The Bertz CT molecular complexity index is 243. The third-order valence-electron chi connectivity index (χ3n) is 2.22. The molecule has 0 radical (unpaired) electrons. The van der Waals surface area contributed by atoms with Crippen LogP contribution in [0.3, 0.4) is 0 Å². The standard InChI is InChI=1S/C13H23ClO4/c1-3-17-13(18-4-2)10-12(16)11(14)8-6-5-7-9-15/h11-13,15-16H,3-4,7-10H2,1-2H3/t11-,12-/m0/s1. The predicted octanol–water partition coefficient (Wildman–Crippen LogP) is 1.52. The number of hydrogen-bond donors (Lipinski definition) is 2. The van der Waals surface area contributed by atoms with E-state index in [1.165, 1.54) is 0 Å². The molecule has 2 N–H and O–H groups in total. The van der Waals surface area contributed by atoms with Crippen molar-refractivity contribution >= 4 is 11.6 Å². The third kappa shape index (κ3) is 8.73. The Labute approximate surface area is 114 Å². The van der Waals surface area contributed by atoms with Crippen LogP contribution in [0.15, 0.2) is 0 Å². The molecule has 0 saturated carbocycles. The summed E-state index contributed by atoms with van der Waals surface area (Å²) in [5.41, 5.74) is 0. The minimum atomic E-state index is -0.724. The van der Waals surface area contributed by atoms with Crippen molar-refractivity contribution in [3.63, 3.8) is 0 Å². The van der Waals surface area contributed by atoms with Crippen LogP contribution >= 0.6 is 11.6 Å². The van der Waals surface area contributed by atoms with Crippen molar-refractivity contribution in [1.82, 2.24) is 0 Å². The van der Waals surface area contributed by atoms with Crippen LogP contribution in [0.4, 0.5) is 0 Å². The van der Waals surface area contributed by atoms with Gasteiger partial charge in [0, 0.05) is 32.5 Å². The summed E-state index contributed by atoms with van der Waals surface area (Å²) in [4.78, 5) is 0. The maximum Gasteiger partial charge on any atom is 0.160 e. The number of aliphatic hydroxyl groups is 2. The van der Waals surface area contributed by atoms with Crippen LogP contribution in [0.5, 0.6) is 0 Å². The molecule has 0 aromatic carbocycles. The molecule has 5 heteroatoms. The quantitative estimate of drug-likeness (QED) is 0.381. The fourth-order valence-electron chi connectivity index (χ4n) is 1.35. The highest BCUT2D eigenvalue weighted by Crippen LogP contribution is 2.15. The van der Waals surface area contributed by atoms with E-state index in [2.05, 4.69) is 11.8 Å². The molecule has 0 aromatic heterocycles. The molecule has 0 aromatic rings. The molecule has 0 rings (SSSR count). The average molecular weight is 279 g/mol. The zero-order valence-corrected chi connectivity index (χ0v) is 11.8. The lowest BCUT2D eigenvalue weighted by atomic mass is 10.1. The lowest BCUT2D eigenvalue weighted by molar-refractivity contribution is -0.152. The van der Waals surface area contributed by atoms with Crippen LogP contribution < -0.4 is 0 Å². The highest BCUT2D eigenvalue weighted by atomic mass is 35.5. The van der Waals surface area contributed by atoms with Crippen molar-refractivity contribution < 1.29 is 19.7 Å². The number of rotatable bonds is 9. The smallest absolute Gasteiger partial charge is 0.160 e. The molecule has 0 aliphatic carbocycles. The van der Waals surface area contributed by atoms with Crippen molar-refractivity contribution in [2.45, 2.75) is 50.9 Å². The molecule has 0 saturated heterocycles. The van der Waals surface area contributed by atoms with Gasteiger partial charge in [-0.15, -0.1) is 23.4 Å². The van der Waals surface area contributed by atoms with E-state index in [4.69, 9.17) is 26.2 Å². The molecule has 0 amide bonds. The van der Waals surface area contributed by atoms with Crippen LogP contribution in [0.1, 0.15) is 33.1 Å². The molecule has 0 aliphatic heterocycles. The van der Waals surface area contributed by atoms with Gasteiger partial charge in [0.25, 0.3) is 0 Å². The van der Waals surface area contributed by atoms with E-state index in [1.807, 2.05) is 13.8 Å². The summed E-state index contributed by atoms with van der Waals surface area (Å²) in [5, 5.41) is 18.0. The molecule has 0 aliphatic rings. The Morgan fingerprint density at radius 2 is 1.78 bits per heavy atom. The number of halogens is 1. The summed E-state index contributed by atoms with van der Waals surface area (Å²) in [6.45, 7) is 4.84. The van der Waals surface area contributed by atoms with Gasteiger partial charge in [0.15, 0.2) is 6.29 Å². The molecule has 106 valence electrons. The number of alkyl halides is 1. The first kappa shape index (κ1) is 17.7. The highest BCUT2D eigenvalue weighted by molar-refractivity contribution is 6.21. The number of ether oxygens (including phenoxy) is 2. The van der Waals surface area contributed by atoms with Crippen molar-refractivity contribution in [3.8, 4) is 11.8 Å². The molecule has 2 atom stereocenters. The fraction of sp³-hybridized carbons (Fsp3) is 0.846. The molecule has 0 spiro atoms. The molecular weight excluding hydrogens is 256 g/mol. The van der Waals surface area contributed by atoms with Crippen LogP contribution in [0.25, 0.3) is 0 Å². The molecule has 4 nitrogen and oxygen atoms in total. The minimum Gasteiger partial charge on any atom is -0.395 e. The Morgan fingerprint density at radius 3 is 2.28 bits per heavy atom. The van der Waals surface area contributed by atoms with E-state index >= 15 is 0 Å². The summed E-state index contributed by atoms with van der Waals surface area (Å²) in [6.07, 6.45) is -0.00864. The Morgan fingerprint density at radius 1 is 1.17 bits per heavy atom. The Hall–Kier alpha value is -0.310. The van der Waals surface area contributed by atoms with Crippen LogP contribution in [0, 0.1) is 11.8 Å². The maximum absolute atomic E-state index is 9.89. The summed E-state index contributed by atoms with van der Waals surface area (Å²) in [6, 6.07) is 0. The largest absolute Gasteiger partial charge is 0.395 e. The molecule has 18 heavy (non-hydrogen) atoms. The van der Waals surface area contributed by atoms with Gasteiger partial charge in [-0.1, -0.05) is 0 Å². The van der Waals surface area contributed by atoms with Gasteiger partial charge in [0.05, 0.1) is 18.1 Å². The zero-order chi connectivity index (χ0) is 13.8. The lowest BCUT2D eigenvalue weighted by Gasteiger charge is -2.22. The average Bonchev–Trinajstić information content (AvgIpc) is 2.35. The van der Waals surface area contributed by atoms with Gasteiger partial charge in [0.1, 0.15) is 0 Å². The first-order chi connectivity index (χ1) is 8.65. The molecule has 0 bridgehead atoms. The SMILES string of the molecule is CCOC(C[C@H](O)[C@@H](Cl)CC#CCCO)OCC. The van der Waals surface area contributed by atoms with Crippen LogP contribution in [-0.4, -0.2) is 47.8 Å². The topological polar surface area (TPSA) is 58.9 Å². The van der Waals surface area contributed by atoms with Gasteiger partial charge in [-0.05, 0) is 13.8 Å². The van der Waals surface area contributed by atoms with E-state index in [0.29, 0.717) is 32.5 Å². The number of aliphatic hydroxyl groups excluding tert-OH is 2. The lowest BCUT2D eigenvalue weighted by Crippen LogP contribution is -2.29. The van der Waals surface area contributed by atoms with Gasteiger partial charge >= 0.3 is 0 Å². The second-order valence-corrected chi connectivity index (χ2v) is 4.25. The Kier molecular flexibility index (Phi) is 11.6. The predicted molar refractivity (Wildman–Crippen MR) is 71.4 cm³/mol. The second-order valence-electron chi connectivity index (χ2n) is 3.69. The van der Waals surface area contributed by atoms with Gasteiger partial charge < -0.3 is 19.7 Å². The molecule has 0 unspecified atom stereocenters. The van der Waals surface area contributed by atoms with Gasteiger partial charge in [-0.2, -0.15) is 0 Å². The van der Waals surface area contributed by atoms with Gasteiger partial charge in [-0.3, -0.25) is 0 Å². The van der Waals surface area contributed by atoms with Crippen LogP contribution in [-0.2, 0) is 9.47 Å². The van der Waals surface area contributed by atoms with Crippen molar-refractivity contribution in [2.24, 2.45) is 0 Å². The normalized spacial score (nSPS) is 14.1. The maximum atomic E-state index is 9.89. The molecule has 0 fully saturated rings. The van der Waals surface area contributed by atoms with Crippen LogP contribution in [0.2, 0.25) is 0 Å². The summed E-state index contributed by atoms with van der Waals surface area (Å²) < 4.78 is 10.7. The fourth-order valence-corrected chi connectivity index (χ4v) is 1.53. The number of hydrogen-bond acceptors (Lipinski definition) is 4. The third-order valence-corrected chi connectivity index (χ3v) is 2.66. The molecular formula is C13H23ClO4. The molecule has 0 heterocycles. The van der Waals surface area contributed by atoms with Gasteiger partial charge in [0.2, 0.25) is 0 Å². The first-order valence-corrected chi connectivity index (χ1v) is 6.71. The van der Waals surface area contributed by atoms with Crippen molar-refractivity contribution in [1.29, 1.82) is 0 Å². The minimum absolute atomic E-state index is 0.0409. The highest BCUT2D eigenvalue weighted by Gasteiger charge is 2.21. The second kappa shape index (κ2) is 11.8. The summed E-state index contributed by atoms with van der Waals surface area (Å²) >= 11 is 6.03. The Balaban J connectivity index is 4.03. The van der Waals surface area contributed by atoms with Crippen molar-refractivity contribution in [2.75, 3.05) is 19.8 Å². The van der Waals surface area contributed by atoms with E-state index in [1.54, 1.807) is 0 Å². The van der Waals surface area contributed by atoms with Crippen molar-refractivity contribution in [3.05, 3.63) is 0 Å². The summed E-state index contributed by atoms with van der Waals surface area (Å²) in [7, 11) is 0. The monoisotopic (exact) mass is 278 g/mol. The van der Waals surface area contributed by atoms with E-state index in [0.717, 1.165) is 0 Å².